The molecule has 1 aliphatic rings. The molecule has 1 fully saturated rings. The minimum atomic E-state index is -1.28. The van der Waals surface area contributed by atoms with Gasteiger partial charge >= 0.3 is 5.97 Å². The fraction of sp³-hybridized carbons (Fsp3) is 0.190. The van der Waals surface area contributed by atoms with Crippen LogP contribution in [0.25, 0.3) is 11.0 Å². The number of hydrogen-bond acceptors (Lipinski definition) is 6. The molecule has 1 aliphatic carbocycles. The molecular weight excluding hydrogens is 388 g/mol. The molecule has 3 aromatic rings. The third-order valence-corrected chi connectivity index (χ3v) is 5.06. The number of carbonyl (C=O) groups is 3. The smallest absolute Gasteiger partial charge is 0.337 e. The number of amides is 2. The van der Waals surface area contributed by atoms with Crippen molar-refractivity contribution in [2.45, 2.75) is 19.3 Å². The second-order valence-corrected chi connectivity index (χ2v) is 6.99. The number of nitrogens with zero attached hydrogens (tertiary/aromatic N) is 2. The normalized spacial score (nSPS) is 13.3. The monoisotopic (exact) mass is 404 g/mol. The summed E-state index contributed by atoms with van der Waals surface area (Å²) in [6, 6.07) is 10.6. The SMILES string of the molecule is N#Cc1ccc(NC(=O)c2noc3ccc(NC(=O)C4CCC4)cc23)c(C(=O)O)c1. The van der Waals surface area contributed by atoms with E-state index in [1.807, 2.05) is 6.07 Å². The summed E-state index contributed by atoms with van der Waals surface area (Å²) in [7, 11) is 0. The number of nitriles is 1. The fourth-order valence-electron chi connectivity index (χ4n) is 3.18. The Labute approximate surface area is 170 Å². The number of aromatic carboxylic acids is 1. The van der Waals surface area contributed by atoms with Gasteiger partial charge in [-0.25, -0.2) is 4.79 Å². The van der Waals surface area contributed by atoms with Gasteiger partial charge in [0.05, 0.1) is 28.3 Å². The summed E-state index contributed by atoms with van der Waals surface area (Å²) in [6.45, 7) is 0. The van der Waals surface area contributed by atoms with Gasteiger partial charge in [0.2, 0.25) is 5.91 Å². The number of benzene rings is 2. The van der Waals surface area contributed by atoms with Crippen LogP contribution in [-0.4, -0.2) is 28.0 Å². The zero-order chi connectivity index (χ0) is 21.3. The Kier molecular flexibility index (Phi) is 4.90. The number of nitrogens with one attached hydrogen (secondary N) is 2. The van der Waals surface area contributed by atoms with Crippen LogP contribution < -0.4 is 10.6 Å². The van der Waals surface area contributed by atoms with Crippen molar-refractivity contribution in [1.82, 2.24) is 5.16 Å². The largest absolute Gasteiger partial charge is 0.478 e. The van der Waals surface area contributed by atoms with Crippen molar-refractivity contribution < 1.29 is 24.0 Å². The maximum atomic E-state index is 12.7. The summed E-state index contributed by atoms with van der Waals surface area (Å²) in [5, 5.41) is 27.8. The molecule has 4 rings (SSSR count). The Morgan fingerprint density at radius 1 is 1.13 bits per heavy atom. The van der Waals surface area contributed by atoms with Crippen molar-refractivity contribution in [3.8, 4) is 6.07 Å². The molecule has 0 aliphatic heterocycles. The van der Waals surface area contributed by atoms with Crippen molar-refractivity contribution in [2.75, 3.05) is 10.6 Å². The number of fused-ring (bicyclic) bond motifs is 1. The van der Waals surface area contributed by atoms with Crippen molar-refractivity contribution in [1.29, 1.82) is 5.26 Å². The van der Waals surface area contributed by atoms with Crippen LogP contribution >= 0.6 is 0 Å². The molecule has 0 radical (unpaired) electrons. The van der Waals surface area contributed by atoms with Gasteiger partial charge in [0.1, 0.15) is 0 Å². The van der Waals surface area contributed by atoms with E-state index in [4.69, 9.17) is 9.78 Å². The molecule has 1 aromatic heterocycles. The Hall–Kier alpha value is -4.19. The van der Waals surface area contributed by atoms with E-state index in [-0.39, 0.29) is 34.3 Å². The molecule has 0 atom stereocenters. The van der Waals surface area contributed by atoms with Crippen LogP contribution in [0.15, 0.2) is 40.9 Å². The van der Waals surface area contributed by atoms with Crippen LogP contribution in [0.2, 0.25) is 0 Å². The van der Waals surface area contributed by atoms with E-state index in [0.29, 0.717) is 16.7 Å². The number of carbonyl (C=O) groups excluding carboxylic acids is 2. The predicted octanol–water partition coefficient (Wildman–Crippen LogP) is 3.39. The summed E-state index contributed by atoms with van der Waals surface area (Å²) < 4.78 is 5.18. The highest BCUT2D eigenvalue weighted by Crippen LogP contribution is 2.29. The van der Waals surface area contributed by atoms with Crippen molar-refractivity contribution in [3.05, 3.63) is 53.2 Å². The number of aromatic nitrogens is 1. The lowest BCUT2D eigenvalue weighted by molar-refractivity contribution is -0.122. The molecule has 0 unspecified atom stereocenters. The highest BCUT2D eigenvalue weighted by molar-refractivity contribution is 6.13. The molecule has 9 heteroatoms. The van der Waals surface area contributed by atoms with Gasteiger partial charge < -0.3 is 20.3 Å². The van der Waals surface area contributed by atoms with Crippen molar-refractivity contribution in [3.63, 3.8) is 0 Å². The second-order valence-electron chi connectivity index (χ2n) is 6.99. The van der Waals surface area contributed by atoms with E-state index < -0.39 is 11.9 Å². The highest BCUT2D eigenvalue weighted by Gasteiger charge is 2.26. The van der Waals surface area contributed by atoms with E-state index in [0.717, 1.165) is 19.3 Å². The number of carboxylic acid groups (broad SMARTS) is 1. The number of carboxylic acids is 1. The first kappa shape index (κ1) is 19.1. The molecule has 0 spiro atoms. The molecule has 1 saturated carbocycles. The number of hydrogen-bond donors (Lipinski definition) is 3. The minimum Gasteiger partial charge on any atom is -0.478 e. The Morgan fingerprint density at radius 3 is 2.60 bits per heavy atom. The maximum absolute atomic E-state index is 12.7. The van der Waals surface area contributed by atoms with E-state index >= 15 is 0 Å². The molecular formula is C21H16N4O5. The summed E-state index contributed by atoms with van der Waals surface area (Å²) in [6.07, 6.45) is 2.78. The Bertz CT molecular complexity index is 1220. The highest BCUT2D eigenvalue weighted by atomic mass is 16.5. The number of rotatable bonds is 5. The van der Waals surface area contributed by atoms with Crippen molar-refractivity contribution >= 4 is 40.1 Å². The number of anilines is 2. The lowest BCUT2D eigenvalue weighted by Crippen LogP contribution is -2.27. The maximum Gasteiger partial charge on any atom is 0.337 e. The molecule has 3 N–H and O–H groups in total. The summed E-state index contributed by atoms with van der Waals surface area (Å²) in [5.74, 6) is -2.01. The van der Waals surface area contributed by atoms with Gasteiger partial charge in [0.15, 0.2) is 11.3 Å². The quantitative estimate of drug-likeness (QED) is 0.591. The topological polar surface area (TPSA) is 145 Å². The molecule has 2 aromatic carbocycles. The molecule has 30 heavy (non-hydrogen) atoms. The van der Waals surface area contributed by atoms with Crippen molar-refractivity contribution in [2.24, 2.45) is 5.92 Å². The zero-order valence-electron chi connectivity index (χ0n) is 15.6. The van der Waals surface area contributed by atoms with Gasteiger partial charge in [0, 0.05) is 11.6 Å². The first-order valence-corrected chi connectivity index (χ1v) is 9.25. The van der Waals surface area contributed by atoms with E-state index in [9.17, 15) is 19.5 Å². The van der Waals surface area contributed by atoms with Crippen LogP contribution in [-0.2, 0) is 4.79 Å². The summed E-state index contributed by atoms with van der Waals surface area (Å²) >= 11 is 0. The predicted molar refractivity (Wildman–Crippen MR) is 106 cm³/mol. The lowest BCUT2D eigenvalue weighted by Gasteiger charge is -2.24. The molecule has 0 bridgehead atoms. The Balaban J connectivity index is 1.60. The van der Waals surface area contributed by atoms with Crippen LogP contribution in [0.5, 0.6) is 0 Å². The molecule has 2 amide bonds. The van der Waals surface area contributed by atoms with Gasteiger partial charge in [-0.1, -0.05) is 11.6 Å². The second kappa shape index (κ2) is 7.67. The molecule has 150 valence electrons. The summed E-state index contributed by atoms with van der Waals surface area (Å²) in [5.41, 5.74) is 0.775. The molecule has 1 heterocycles. The third kappa shape index (κ3) is 3.58. The van der Waals surface area contributed by atoms with Crippen LogP contribution in [0.1, 0.15) is 45.7 Å². The van der Waals surface area contributed by atoms with Crippen LogP contribution in [0, 0.1) is 17.2 Å². The molecule has 0 saturated heterocycles. The van der Waals surface area contributed by atoms with Gasteiger partial charge in [-0.05, 0) is 49.2 Å². The fourth-order valence-corrected chi connectivity index (χ4v) is 3.18. The first-order valence-electron chi connectivity index (χ1n) is 9.25. The van der Waals surface area contributed by atoms with Crippen LogP contribution in [0.3, 0.4) is 0 Å². The van der Waals surface area contributed by atoms with Gasteiger partial charge in [-0.15, -0.1) is 0 Å². The van der Waals surface area contributed by atoms with Gasteiger partial charge in [-0.2, -0.15) is 5.26 Å². The van der Waals surface area contributed by atoms with E-state index in [1.165, 1.54) is 18.2 Å². The van der Waals surface area contributed by atoms with Crippen LogP contribution in [0.4, 0.5) is 11.4 Å². The average Bonchev–Trinajstić information content (AvgIpc) is 3.10. The summed E-state index contributed by atoms with van der Waals surface area (Å²) in [4.78, 5) is 36.4. The van der Waals surface area contributed by atoms with E-state index in [1.54, 1.807) is 18.2 Å². The van der Waals surface area contributed by atoms with E-state index in [2.05, 4.69) is 15.8 Å². The van der Waals surface area contributed by atoms with Gasteiger partial charge in [-0.3, -0.25) is 9.59 Å². The first-order chi connectivity index (χ1) is 14.5. The Morgan fingerprint density at radius 2 is 1.93 bits per heavy atom. The standard InChI is InChI=1S/C21H16N4O5/c22-10-11-4-6-16(14(8-11)21(28)29)24-20(27)18-15-9-13(5-7-17(15)30-25-18)23-19(26)12-2-1-3-12/h4-9,12H,1-3H2,(H,23,26)(H,24,27)(H,28,29). The average molecular weight is 404 g/mol. The van der Waals surface area contributed by atoms with Gasteiger partial charge in [0.25, 0.3) is 5.91 Å². The lowest BCUT2D eigenvalue weighted by atomic mass is 9.85. The third-order valence-electron chi connectivity index (χ3n) is 5.06. The molecule has 9 nitrogen and oxygen atoms in total. The zero-order valence-corrected chi connectivity index (χ0v) is 15.6. The minimum absolute atomic E-state index is 0.0109.